The van der Waals surface area contributed by atoms with Crippen LogP contribution in [0.3, 0.4) is 0 Å². The van der Waals surface area contributed by atoms with E-state index in [0.717, 1.165) is 44.1 Å². The minimum Gasteiger partial charge on any atom is -0.427 e. The fraction of sp³-hybridized carbons (Fsp3) is 0.700. The van der Waals surface area contributed by atoms with Crippen LogP contribution in [0.5, 0.6) is 0 Å². The zero-order chi connectivity index (χ0) is 17.7. The van der Waals surface area contributed by atoms with Crippen molar-refractivity contribution in [2.45, 2.75) is 84.6 Å². The highest BCUT2D eigenvalue weighted by Gasteiger charge is 2.28. The molecule has 1 heterocycles. The van der Waals surface area contributed by atoms with E-state index in [4.69, 9.17) is 4.42 Å². The second-order valence-corrected chi connectivity index (χ2v) is 7.07. The van der Waals surface area contributed by atoms with Gasteiger partial charge in [0.05, 0.1) is 0 Å². The molecular formula is C20H31NO3. The number of carbonyl (C=O) groups excluding carboxylic acids is 1. The lowest BCUT2D eigenvalue weighted by Crippen LogP contribution is -2.43. The fourth-order valence-electron chi connectivity index (χ4n) is 3.81. The van der Waals surface area contributed by atoms with Gasteiger partial charge in [0.2, 0.25) is 0 Å². The first-order valence-electron chi connectivity index (χ1n) is 9.45. The van der Waals surface area contributed by atoms with Gasteiger partial charge in [-0.25, -0.2) is 4.79 Å². The molecule has 4 nitrogen and oxygen atoms in total. The molecule has 0 radical (unpaired) electrons. The van der Waals surface area contributed by atoms with E-state index in [-0.39, 0.29) is 23.4 Å². The summed E-state index contributed by atoms with van der Waals surface area (Å²) in [6.07, 6.45) is 7.65. The van der Waals surface area contributed by atoms with Crippen molar-refractivity contribution >= 4 is 5.91 Å². The van der Waals surface area contributed by atoms with Gasteiger partial charge in [-0.15, -0.1) is 0 Å². The number of nitrogens with zero attached hydrogens (tertiary/aromatic N) is 1. The van der Waals surface area contributed by atoms with Crippen LogP contribution in [-0.4, -0.2) is 23.4 Å². The number of hydrogen-bond acceptors (Lipinski definition) is 3. The SMILES string of the molecule is CCCC(C)c1cc(C)c(C(=O)N(CC)C2CCCCC2)c(=O)o1. The van der Waals surface area contributed by atoms with Crippen LogP contribution in [0.25, 0.3) is 0 Å². The molecule has 4 heteroatoms. The van der Waals surface area contributed by atoms with E-state index in [1.54, 1.807) is 0 Å². The Bertz CT molecular complexity index is 614. The number of rotatable bonds is 6. The van der Waals surface area contributed by atoms with Crippen LogP contribution >= 0.6 is 0 Å². The molecule has 1 aliphatic rings. The van der Waals surface area contributed by atoms with Gasteiger partial charge >= 0.3 is 5.63 Å². The van der Waals surface area contributed by atoms with E-state index < -0.39 is 5.63 Å². The summed E-state index contributed by atoms with van der Waals surface area (Å²) in [4.78, 5) is 27.4. The number of amides is 1. The van der Waals surface area contributed by atoms with Crippen LogP contribution in [-0.2, 0) is 0 Å². The largest absolute Gasteiger partial charge is 0.427 e. The maximum Gasteiger partial charge on any atom is 0.349 e. The number of aryl methyl sites for hydroxylation is 1. The Morgan fingerprint density at radius 2 is 1.96 bits per heavy atom. The maximum absolute atomic E-state index is 13.0. The van der Waals surface area contributed by atoms with Crippen molar-refractivity contribution in [1.82, 2.24) is 4.90 Å². The molecule has 0 spiro atoms. The normalized spacial score (nSPS) is 16.8. The second kappa shape index (κ2) is 8.50. The first-order chi connectivity index (χ1) is 11.5. The van der Waals surface area contributed by atoms with Crippen molar-refractivity contribution < 1.29 is 9.21 Å². The molecule has 134 valence electrons. The van der Waals surface area contributed by atoms with Crippen molar-refractivity contribution in [3.63, 3.8) is 0 Å². The molecule has 1 aromatic rings. The van der Waals surface area contributed by atoms with E-state index >= 15 is 0 Å². The molecule has 1 aliphatic carbocycles. The van der Waals surface area contributed by atoms with Crippen LogP contribution in [0.2, 0.25) is 0 Å². The summed E-state index contributed by atoms with van der Waals surface area (Å²) >= 11 is 0. The van der Waals surface area contributed by atoms with Gasteiger partial charge in [0.1, 0.15) is 11.3 Å². The molecule has 0 aliphatic heterocycles. The zero-order valence-electron chi connectivity index (χ0n) is 15.6. The molecule has 0 aromatic carbocycles. The summed E-state index contributed by atoms with van der Waals surface area (Å²) in [6, 6.07) is 2.14. The maximum atomic E-state index is 13.0. The quantitative estimate of drug-likeness (QED) is 0.761. The Hall–Kier alpha value is -1.58. The Kier molecular flexibility index (Phi) is 6.64. The minimum atomic E-state index is -0.479. The fourth-order valence-corrected chi connectivity index (χ4v) is 3.81. The third-order valence-electron chi connectivity index (χ3n) is 5.21. The summed E-state index contributed by atoms with van der Waals surface area (Å²) in [7, 11) is 0. The summed E-state index contributed by atoms with van der Waals surface area (Å²) < 4.78 is 5.50. The van der Waals surface area contributed by atoms with E-state index in [1.165, 1.54) is 6.42 Å². The Morgan fingerprint density at radius 1 is 1.29 bits per heavy atom. The van der Waals surface area contributed by atoms with Crippen molar-refractivity contribution in [2.24, 2.45) is 0 Å². The lowest BCUT2D eigenvalue weighted by Gasteiger charge is -2.33. The van der Waals surface area contributed by atoms with Crippen molar-refractivity contribution in [3.05, 3.63) is 33.4 Å². The molecule has 1 aromatic heterocycles. The predicted octanol–water partition coefficient (Wildman–Crippen LogP) is 4.65. The first kappa shape index (κ1) is 18.8. The lowest BCUT2D eigenvalue weighted by atomic mass is 9.93. The van der Waals surface area contributed by atoms with Gasteiger partial charge in [0.25, 0.3) is 5.91 Å². The average molecular weight is 333 g/mol. The van der Waals surface area contributed by atoms with Crippen molar-refractivity contribution in [2.75, 3.05) is 6.54 Å². The van der Waals surface area contributed by atoms with Crippen LogP contribution in [0.15, 0.2) is 15.3 Å². The first-order valence-corrected chi connectivity index (χ1v) is 9.45. The van der Waals surface area contributed by atoms with E-state index in [2.05, 4.69) is 13.8 Å². The molecule has 2 rings (SSSR count). The standard InChI is InChI=1S/C20H31NO3/c1-5-10-14(3)17-13-15(4)18(20(23)24-17)19(22)21(6-2)16-11-8-7-9-12-16/h13-14,16H,5-12H2,1-4H3. The topological polar surface area (TPSA) is 50.5 Å². The summed E-state index contributed by atoms with van der Waals surface area (Å²) in [5.41, 5.74) is 0.477. The van der Waals surface area contributed by atoms with Gasteiger partial charge in [-0.1, -0.05) is 39.5 Å². The van der Waals surface area contributed by atoms with Crippen LogP contribution in [0, 0.1) is 6.92 Å². The molecule has 0 bridgehead atoms. The second-order valence-electron chi connectivity index (χ2n) is 7.07. The minimum absolute atomic E-state index is 0.162. The summed E-state index contributed by atoms with van der Waals surface area (Å²) in [6.45, 7) is 8.64. The van der Waals surface area contributed by atoms with E-state index in [9.17, 15) is 9.59 Å². The summed E-state index contributed by atoms with van der Waals surface area (Å²) in [5, 5.41) is 0. The van der Waals surface area contributed by atoms with Gasteiger partial charge in [-0.05, 0) is 44.7 Å². The van der Waals surface area contributed by atoms with Crippen molar-refractivity contribution in [3.8, 4) is 0 Å². The van der Waals surface area contributed by atoms with Crippen LogP contribution < -0.4 is 5.63 Å². The number of carbonyl (C=O) groups is 1. The molecule has 1 fully saturated rings. The monoisotopic (exact) mass is 333 g/mol. The van der Waals surface area contributed by atoms with Gasteiger partial charge in [-0.3, -0.25) is 4.79 Å². The molecule has 0 N–H and O–H groups in total. The molecule has 1 unspecified atom stereocenters. The Labute approximate surface area is 145 Å². The third kappa shape index (κ3) is 4.08. The molecule has 24 heavy (non-hydrogen) atoms. The van der Waals surface area contributed by atoms with E-state index in [1.807, 2.05) is 24.8 Å². The highest BCUT2D eigenvalue weighted by atomic mass is 16.4. The molecular weight excluding hydrogens is 302 g/mol. The van der Waals surface area contributed by atoms with Crippen LogP contribution in [0.4, 0.5) is 0 Å². The predicted molar refractivity (Wildman–Crippen MR) is 96.6 cm³/mol. The third-order valence-corrected chi connectivity index (χ3v) is 5.21. The summed E-state index contributed by atoms with van der Waals surface area (Å²) in [5.74, 6) is 0.730. The highest BCUT2D eigenvalue weighted by Crippen LogP contribution is 2.25. The average Bonchev–Trinajstić information content (AvgIpc) is 2.56. The molecule has 1 saturated carbocycles. The smallest absolute Gasteiger partial charge is 0.349 e. The van der Waals surface area contributed by atoms with Gasteiger partial charge in [-0.2, -0.15) is 0 Å². The molecule has 1 atom stereocenters. The van der Waals surface area contributed by atoms with Crippen LogP contribution in [0.1, 0.15) is 93.3 Å². The van der Waals surface area contributed by atoms with Gasteiger partial charge < -0.3 is 9.32 Å². The Morgan fingerprint density at radius 3 is 2.50 bits per heavy atom. The van der Waals surface area contributed by atoms with Crippen molar-refractivity contribution in [1.29, 1.82) is 0 Å². The van der Waals surface area contributed by atoms with Gasteiger partial charge in [0, 0.05) is 18.5 Å². The molecule has 0 saturated heterocycles. The van der Waals surface area contributed by atoms with Gasteiger partial charge in [0.15, 0.2) is 0 Å². The molecule has 1 amide bonds. The van der Waals surface area contributed by atoms with E-state index in [0.29, 0.717) is 12.3 Å². The lowest BCUT2D eigenvalue weighted by molar-refractivity contribution is 0.0642. The Balaban J connectivity index is 2.29. The number of hydrogen-bond donors (Lipinski definition) is 0. The highest BCUT2D eigenvalue weighted by molar-refractivity contribution is 5.95. The zero-order valence-corrected chi connectivity index (χ0v) is 15.6.